The maximum absolute atomic E-state index is 12.0. The number of aliphatic carboxylic acids is 1. The summed E-state index contributed by atoms with van der Waals surface area (Å²) in [6.07, 6.45) is 0. The van der Waals surface area contributed by atoms with Gasteiger partial charge in [-0.15, -0.1) is 11.8 Å². The van der Waals surface area contributed by atoms with Crippen LogP contribution in [0.3, 0.4) is 0 Å². The Morgan fingerprint density at radius 3 is 2.63 bits per heavy atom. The molecule has 0 saturated carbocycles. The minimum Gasteiger partial charge on any atom is -0.481 e. The summed E-state index contributed by atoms with van der Waals surface area (Å²) in [6.45, 7) is 5.14. The molecule has 1 rings (SSSR count). The van der Waals surface area contributed by atoms with E-state index in [-0.39, 0.29) is 17.4 Å². The highest BCUT2D eigenvalue weighted by Gasteiger charge is 2.12. The number of rotatable bonds is 7. The number of carbonyl (C=O) groups is 2. The zero-order chi connectivity index (χ0) is 14.3. The van der Waals surface area contributed by atoms with Crippen molar-refractivity contribution in [2.24, 2.45) is 0 Å². The smallest absolute Gasteiger partial charge is 0.313 e. The van der Waals surface area contributed by atoms with Gasteiger partial charge in [-0.1, -0.05) is 29.8 Å². The van der Waals surface area contributed by atoms with Crippen molar-refractivity contribution in [3.05, 3.63) is 35.4 Å². The van der Waals surface area contributed by atoms with Crippen molar-refractivity contribution in [2.45, 2.75) is 20.4 Å². The van der Waals surface area contributed by atoms with Gasteiger partial charge in [0.1, 0.15) is 0 Å². The third-order valence-electron chi connectivity index (χ3n) is 2.64. The molecule has 0 aliphatic rings. The van der Waals surface area contributed by atoms with E-state index in [1.807, 2.05) is 32.0 Å². The van der Waals surface area contributed by atoms with E-state index in [2.05, 4.69) is 6.07 Å². The van der Waals surface area contributed by atoms with Crippen molar-refractivity contribution in [2.75, 3.05) is 18.1 Å². The van der Waals surface area contributed by atoms with Gasteiger partial charge >= 0.3 is 5.97 Å². The zero-order valence-corrected chi connectivity index (χ0v) is 12.1. The summed E-state index contributed by atoms with van der Waals surface area (Å²) < 4.78 is 0. The second kappa shape index (κ2) is 7.84. The summed E-state index contributed by atoms with van der Waals surface area (Å²) in [5, 5.41) is 8.54. The summed E-state index contributed by atoms with van der Waals surface area (Å²) in [6, 6.07) is 8.04. The first-order valence-electron chi connectivity index (χ1n) is 6.15. The Hall–Kier alpha value is -1.49. The third kappa shape index (κ3) is 5.79. The topological polar surface area (TPSA) is 57.6 Å². The number of benzene rings is 1. The molecule has 0 atom stereocenters. The van der Waals surface area contributed by atoms with Gasteiger partial charge < -0.3 is 10.0 Å². The Morgan fingerprint density at radius 2 is 2.05 bits per heavy atom. The van der Waals surface area contributed by atoms with E-state index in [0.717, 1.165) is 17.3 Å². The van der Waals surface area contributed by atoms with E-state index in [9.17, 15) is 9.59 Å². The average molecular weight is 281 g/mol. The number of carboxylic acid groups (broad SMARTS) is 1. The standard InChI is InChI=1S/C14H19NO3S/c1-3-15(13(16)9-19-10-14(17)18)8-12-6-4-5-11(2)7-12/h4-7H,3,8-10H2,1-2H3,(H,17,18). The zero-order valence-electron chi connectivity index (χ0n) is 11.3. The molecule has 1 amide bonds. The van der Waals surface area contributed by atoms with Crippen LogP contribution < -0.4 is 0 Å². The van der Waals surface area contributed by atoms with Crippen LogP contribution in [-0.2, 0) is 16.1 Å². The van der Waals surface area contributed by atoms with Crippen molar-refractivity contribution in [3.63, 3.8) is 0 Å². The molecule has 4 nitrogen and oxygen atoms in total. The molecule has 0 aliphatic carbocycles. The highest BCUT2D eigenvalue weighted by Crippen LogP contribution is 2.10. The molecule has 104 valence electrons. The Bertz CT molecular complexity index is 448. The van der Waals surface area contributed by atoms with E-state index < -0.39 is 5.97 Å². The molecule has 0 heterocycles. The number of nitrogens with zero attached hydrogens (tertiary/aromatic N) is 1. The fraction of sp³-hybridized carbons (Fsp3) is 0.429. The molecular weight excluding hydrogens is 262 g/mol. The summed E-state index contributed by atoms with van der Waals surface area (Å²) in [5.41, 5.74) is 2.26. The number of carbonyl (C=O) groups excluding carboxylic acids is 1. The van der Waals surface area contributed by atoms with Gasteiger partial charge in [0.05, 0.1) is 11.5 Å². The molecule has 0 unspecified atom stereocenters. The maximum Gasteiger partial charge on any atom is 0.313 e. The fourth-order valence-corrected chi connectivity index (χ4v) is 2.36. The molecule has 5 heteroatoms. The molecule has 0 aromatic heterocycles. The highest BCUT2D eigenvalue weighted by atomic mass is 32.2. The lowest BCUT2D eigenvalue weighted by molar-refractivity contribution is -0.133. The van der Waals surface area contributed by atoms with Gasteiger partial charge in [-0.3, -0.25) is 9.59 Å². The molecule has 1 N–H and O–H groups in total. The van der Waals surface area contributed by atoms with Crippen LogP contribution in [0.5, 0.6) is 0 Å². The summed E-state index contributed by atoms with van der Waals surface area (Å²) >= 11 is 1.14. The molecule has 1 aromatic rings. The molecule has 0 fully saturated rings. The average Bonchev–Trinajstić information content (AvgIpc) is 2.35. The predicted octanol–water partition coefficient (Wildman–Crippen LogP) is 2.16. The summed E-state index contributed by atoms with van der Waals surface area (Å²) in [7, 11) is 0. The van der Waals surface area contributed by atoms with Crippen LogP contribution in [0.1, 0.15) is 18.1 Å². The molecule has 0 aliphatic heterocycles. The van der Waals surface area contributed by atoms with Gasteiger partial charge in [0.25, 0.3) is 0 Å². The normalized spacial score (nSPS) is 10.2. The van der Waals surface area contributed by atoms with Gasteiger partial charge in [0.15, 0.2) is 0 Å². The van der Waals surface area contributed by atoms with Gasteiger partial charge in [-0.25, -0.2) is 0 Å². The minimum atomic E-state index is -0.889. The number of carboxylic acids is 1. The van der Waals surface area contributed by atoms with Gasteiger partial charge in [0, 0.05) is 13.1 Å². The maximum atomic E-state index is 12.0. The van der Waals surface area contributed by atoms with E-state index in [1.165, 1.54) is 5.56 Å². The lowest BCUT2D eigenvalue weighted by Crippen LogP contribution is -2.32. The Labute approximate surface area is 117 Å². The van der Waals surface area contributed by atoms with Crippen LogP contribution in [0.25, 0.3) is 0 Å². The summed E-state index contributed by atoms with van der Waals surface area (Å²) in [5.74, 6) is -0.727. The lowest BCUT2D eigenvalue weighted by atomic mass is 10.1. The number of aryl methyl sites for hydroxylation is 1. The third-order valence-corrected chi connectivity index (χ3v) is 3.54. The molecule has 19 heavy (non-hydrogen) atoms. The van der Waals surface area contributed by atoms with Crippen molar-refractivity contribution < 1.29 is 14.7 Å². The van der Waals surface area contributed by atoms with Crippen LogP contribution in [0.4, 0.5) is 0 Å². The Balaban J connectivity index is 2.52. The van der Waals surface area contributed by atoms with Crippen molar-refractivity contribution in [1.29, 1.82) is 0 Å². The SMILES string of the molecule is CCN(Cc1cccc(C)c1)C(=O)CSCC(=O)O. The molecule has 0 spiro atoms. The number of amides is 1. The predicted molar refractivity (Wildman–Crippen MR) is 77.2 cm³/mol. The number of hydrogen-bond acceptors (Lipinski definition) is 3. The monoisotopic (exact) mass is 281 g/mol. The minimum absolute atomic E-state index is 0.0183. The van der Waals surface area contributed by atoms with Crippen LogP contribution in [0, 0.1) is 6.92 Å². The van der Waals surface area contributed by atoms with Crippen molar-refractivity contribution >= 4 is 23.6 Å². The molecule has 0 bridgehead atoms. The van der Waals surface area contributed by atoms with E-state index in [4.69, 9.17) is 5.11 Å². The van der Waals surface area contributed by atoms with Crippen molar-refractivity contribution in [1.82, 2.24) is 4.90 Å². The largest absolute Gasteiger partial charge is 0.481 e. The van der Waals surface area contributed by atoms with Crippen LogP contribution in [0.2, 0.25) is 0 Å². The first-order chi connectivity index (χ1) is 9.02. The van der Waals surface area contributed by atoms with Crippen LogP contribution in [0.15, 0.2) is 24.3 Å². The molecule has 1 aromatic carbocycles. The first kappa shape index (κ1) is 15.6. The quantitative estimate of drug-likeness (QED) is 0.832. The molecule has 0 radical (unpaired) electrons. The molecular formula is C14H19NO3S. The number of hydrogen-bond donors (Lipinski definition) is 1. The van der Waals surface area contributed by atoms with E-state index in [0.29, 0.717) is 13.1 Å². The molecule has 0 saturated heterocycles. The van der Waals surface area contributed by atoms with Crippen molar-refractivity contribution in [3.8, 4) is 0 Å². The lowest BCUT2D eigenvalue weighted by Gasteiger charge is -2.21. The first-order valence-corrected chi connectivity index (χ1v) is 7.31. The van der Waals surface area contributed by atoms with Gasteiger partial charge in [-0.2, -0.15) is 0 Å². The second-order valence-corrected chi connectivity index (χ2v) is 5.27. The summed E-state index contributed by atoms with van der Waals surface area (Å²) in [4.78, 5) is 24.1. The Morgan fingerprint density at radius 1 is 1.32 bits per heavy atom. The number of thioether (sulfide) groups is 1. The van der Waals surface area contributed by atoms with Crippen LogP contribution >= 0.6 is 11.8 Å². The van der Waals surface area contributed by atoms with E-state index in [1.54, 1.807) is 4.90 Å². The van der Waals surface area contributed by atoms with Gasteiger partial charge in [0.2, 0.25) is 5.91 Å². The second-order valence-electron chi connectivity index (χ2n) is 4.28. The van der Waals surface area contributed by atoms with E-state index >= 15 is 0 Å². The Kier molecular flexibility index (Phi) is 6.42. The van der Waals surface area contributed by atoms with Crippen LogP contribution in [-0.4, -0.2) is 39.9 Å². The van der Waals surface area contributed by atoms with Gasteiger partial charge in [-0.05, 0) is 19.4 Å². The fourth-order valence-electron chi connectivity index (χ4n) is 1.72. The highest BCUT2D eigenvalue weighted by molar-refractivity contribution is 8.00.